The molecule has 1 aromatic carbocycles. The number of methoxy groups -OCH3 is 1. The summed E-state index contributed by atoms with van der Waals surface area (Å²) in [6.07, 6.45) is 0. The van der Waals surface area contributed by atoms with E-state index in [0.29, 0.717) is 17.0 Å². The van der Waals surface area contributed by atoms with Crippen LogP contribution in [0.1, 0.15) is 17.3 Å². The van der Waals surface area contributed by atoms with Crippen LogP contribution in [0.25, 0.3) is 0 Å². The van der Waals surface area contributed by atoms with Gasteiger partial charge in [-0.3, -0.25) is 9.59 Å². The van der Waals surface area contributed by atoms with Crippen molar-refractivity contribution in [3.05, 3.63) is 23.8 Å². The number of carbonyl (C=O) groups is 2. The van der Waals surface area contributed by atoms with Gasteiger partial charge in [-0.15, -0.1) is 0 Å². The van der Waals surface area contributed by atoms with E-state index < -0.39 is 6.04 Å². The lowest BCUT2D eigenvalue weighted by molar-refractivity contribution is -0.117. The van der Waals surface area contributed by atoms with E-state index in [1.807, 2.05) is 0 Å². The molecule has 1 aliphatic rings. The Balaban J connectivity index is 2.55. The molecule has 0 radical (unpaired) electrons. The second kappa shape index (κ2) is 3.84. The second-order valence-electron chi connectivity index (χ2n) is 3.57. The van der Waals surface area contributed by atoms with Gasteiger partial charge in [-0.05, 0) is 19.1 Å². The number of hydrogen-bond acceptors (Lipinski definition) is 3. The zero-order valence-corrected chi connectivity index (χ0v) is 9.03. The normalized spacial score (nSPS) is 19.2. The average molecular weight is 220 g/mol. The van der Waals surface area contributed by atoms with Crippen LogP contribution in [0.3, 0.4) is 0 Å². The first-order valence-electron chi connectivity index (χ1n) is 4.92. The van der Waals surface area contributed by atoms with Crippen molar-refractivity contribution < 1.29 is 14.3 Å². The molecule has 1 aliphatic heterocycles. The monoisotopic (exact) mass is 220 g/mol. The molecule has 84 valence electrons. The van der Waals surface area contributed by atoms with Crippen molar-refractivity contribution >= 4 is 17.5 Å². The molecule has 1 aromatic rings. The van der Waals surface area contributed by atoms with E-state index in [4.69, 9.17) is 4.74 Å². The minimum absolute atomic E-state index is 0.253. The number of rotatable bonds is 1. The Bertz CT molecular complexity index is 457. The summed E-state index contributed by atoms with van der Waals surface area (Å²) in [5, 5.41) is 5.27. The molecule has 5 nitrogen and oxygen atoms in total. The lowest BCUT2D eigenvalue weighted by Crippen LogP contribution is -2.38. The van der Waals surface area contributed by atoms with Gasteiger partial charge in [0.1, 0.15) is 11.8 Å². The molecule has 1 heterocycles. The van der Waals surface area contributed by atoms with Crippen LogP contribution in [0.15, 0.2) is 18.2 Å². The van der Waals surface area contributed by atoms with Crippen LogP contribution in [0.4, 0.5) is 5.69 Å². The number of hydrogen-bond donors (Lipinski definition) is 2. The number of carbonyl (C=O) groups excluding carboxylic acids is 2. The standard InChI is InChI=1S/C11H12N2O3/c1-6-10(14)13-9-7(11(15)12-6)4-3-5-8(9)16-2/h3-6H,1-2H3,(H,12,15)(H,13,14)/t6-/m1/s1. The Morgan fingerprint density at radius 1 is 1.31 bits per heavy atom. The number of fused-ring (bicyclic) bond motifs is 1. The van der Waals surface area contributed by atoms with Crippen LogP contribution in [-0.4, -0.2) is 25.0 Å². The van der Waals surface area contributed by atoms with Crippen LogP contribution >= 0.6 is 0 Å². The fourth-order valence-electron chi connectivity index (χ4n) is 1.59. The molecule has 0 saturated heterocycles. The predicted octanol–water partition coefficient (Wildman–Crippen LogP) is 0.766. The Morgan fingerprint density at radius 3 is 2.75 bits per heavy atom. The van der Waals surface area contributed by atoms with Crippen molar-refractivity contribution in [2.24, 2.45) is 0 Å². The maximum absolute atomic E-state index is 11.8. The van der Waals surface area contributed by atoms with Crippen LogP contribution in [0, 0.1) is 0 Å². The van der Waals surface area contributed by atoms with E-state index in [1.165, 1.54) is 7.11 Å². The minimum Gasteiger partial charge on any atom is -0.495 e. The van der Waals surface area contributed by atoms with Gasteiger partial charge in [0, 0.05) is 0 Å². The van der Waals surface area contributed by atoms with Gasteiger partial charge in [-0.25, -0.2) is 0 Å². The molecule has 0 fully saturated rings. The first kappa shape index (κ1) is 10.5. The van der Waals surface area contributed by atoms with Gasteiger partial charge in [0.25, 0.3) is 5.91 Å². The van der Waals surface area contributed by atoms with E-state index in [0.717, 1.165) is 0 Å². The smallest absolute Gasteiger partial charge is 0.254 e. The lowest BCUT2D eigenvalue weighted by atomic mass is 10.1. The van der Waals surface area contributed by atoms with Gasteiger partial charge in [-0.2, -0.15) is 0 Å². The lowest BCUT2D eigenvalue weighted by Gasteiger charge is -2.10. The maximum Gasteiger partial charge on any atom is 0.254 e. The molecule has 0 saturated carbocycles. The summed E-state index contributed by atoms with van der Waals surface area (Å²) >= 11 is 0. The van der Waals surface area contributed by atoms with E-state index in [2.05, 4.69) is 10.6 Å². The van der Waals surface area contributed by atoms with Crippen LogP contribution in [0.2, 0.25) is 0 Å². The van der Waals surface area contributed by atoms with Crippen molar-refractivity contribution in [1.82, 2.24) is 5.32 Å². The van der Waals surface area contributed by atoms with Gasteiger partial charge in [-0.1, -0.05) is 6.07 Å². The summed E-state index contributed by atoms with van der Waals surface area (Å²) in [6, 6.07) is 4.50. The van der Waals surface area contributed by atoms with Crippen molar-refractivity contribution in [3.63, 3.8) is 0 Å². The van der Waals surface area contributed by atoms with Gasteiger partial charge >= 0.3 is 0 Å². The molecule has 2 N–H and O–H groups in total. The molecule has 1 atom stereocenters. The molecule has 0 aromatic heterocycles. The third kappa shape index (κ3) is 1.60. The summed E-state index contributed by atoms with van der Waals surface area (Å²) in [6.45, 7) is 1.63. The van der Waals surface area contributed by atoms with Gasteiger partial charge < -0.3 is 15.4 Å². The van der Waals surface area contributed by atoms with Crippen molar-refractivity contribution in [2.45, 2.75) is 13.0 Å². The van der Waals surface area contributed by atoms with Gasteiger partial charge in [0.2, 0.25) is 5.91 Å². The third-order valence-corrected chi connectivity index (χ3v) is 2.48. The number of para-hydroxylation sites is 1. The quantitative estimate of drug-likeness (QED) is 0.734. The molecule has 16 heavy (non-hydrogen) atoms. The van der Waals surface area contributed by atoms with Crippen LogP contribution < -0.4 is 15.4 Å². The predicted molar refractivity (Wildman–Crippen MR) is 58.6 cm³/mol. The average Bonchev–Trinajstić information content (AvgIpc) is 2.38. The summed E-state index contributed by atoms with van der Waals surface area (Å²) < 4.78 is 5.11. The molecular formula is C11H12N2O3. The number of nitrogens with one attached hydrogen (secondary N) is 2. The first-order valence-corrected chi connectivity index (χ1v) is 4.92. The highest BCUT2D eigenvalue weighted by Gasteiger charge is 2.26. The first-order chi connectivity index (χ1) is 7.63. The number of benzene rings is 1. The summed E-state index contributed by atoms with van der Waals surface area (Å²) in [5.74, 6) is -0.0496. The summed E-state index contributed by atoms with van der Waals surface area (Å²) in [5.41, 5.74) is 0.842. The molecule has 0 aliphatic carbocycles. The zero-order chi connectivity index (χ0) is 11.7. The molecule has 2 amide bonds. The van der Waals surface area contributed by atoms with Crippen LogP contribution in [0.5, 0.6) is 5.75 Å². The molecule has 5 heteroatoms. The van der Waals surface area contributed by atoms with Crippen molar-refractivity contribution in [2.75, 3.05) is 12.4 Å². The second-order valence-corrected chi connectivity index (χ2v) is 3.57. The Kier molecular flexibility index (Phi) is 2.52. The van der Waals surface area contributed by atoms with Crippen molar-refractivity contribution in [1.29, 1.82) is 0 Å². The molecule has 0 unspecified atom stereocenters. The summed E-state index contributed by atoms with van der Waals surface area (Å²) in [7, 11) is 1.49. The SMILES string of the molecule is COc1cccc2c1NC(=O)[C@@H](C)NC2=O. The van der Waals surface area contributed by atoms with Crippen molar-refractivity contribution in [3.8, 4) is 5.75 Å². The molecular weight excluding hydrogens is 208 g/mol. The van der Waals surface area contributed by atoms with Gasteiger partial charge in [0.05, 0.1) is 18.4 Å². The fourth-order valence-corrected chi connectivity index (χ4v) is 1.59. The van der Waals surface area contributed by atoms with E-state index >= 15 is 0 Å². The Labute approximate surface area is 92.8 Å². The van der Waals surface area contributed by atoms with E-state index in [9.17, 15) is 9.59 Å². The van der Waals surface area contributed by atoms with E-state index in [1.54, 1.807) is 25.1 Å². The highest BCUT2D eigenvalue weighted by Crippen LogP contribution is 2.29. The highest BCUT2D eigenvalue weighted by molar-refractivity contribution is 6.10. The Hall–Kier alpha value is -2.04. The topological polar surface area (TPSA) is 67.4 Å². The highest BCUT2D eigenvalue weighted by atomic mass is 16.5. The Morgan fingerprint density at radius 2 is 2.06 bits per heavy atom. The maximum atomic E-state index is 11.8. The molecule has 0 bridgehead atoms. The van der Waals surface area contributed by atoms with E-state index in [-0.39, 0.29) is 11.8 Å². The summed E-state index contributed by atoms with van der Waals surface area (Å²) in [4.78, 5) is 23.4. The third-order valence-electron chi connectivity index (χ3n) is 2.48. The largest absolute Gasteiger partial charge is 0.495 e. The number of amides is 2. The molecule has 2 rings (SSSR count). The minimum atomic E-state index is -0.551. The number of ether oxygens (including phenoxy) is 1. The number of anilines is 1. The molecule has 0 spiro atoms. The van der Waals surface area contributed by atoms with Gasteiger partial charge in [0.15, 0.2) is 0 Å². The fraction of sp³-hybridized carbons (Fsp3) is 0.273. The zero-order valence-electron chi connectivity index (χ0n) is 9.03. The van der Waals surface area contributed by atoms with Crippen LogP contribution in [-0.2, 0) is 4.79 Å².